The molecule has 1 aliphatic rings. The smallest absolute Gasteiger partial charge is 0.155 e. The second-order valence-corrected chi connectivity index (χ2v) is 7.96. The van der Waals surface area contributed by atoms with Gasteiger partial charge >= 0.3 is 0 Å². The van der Waals surface area contributed by atoms with E-state index >= 15 is 0 Å². The van der Waals surface area contributed by atoms with Crippen LogP contribution < -0.4 is 0 Å². The highest BCUT2D eigenvalue weighted by Crippen LogP contribution is 2.62. The molecule has 0 amide bonds. The minimum Gasteiger partial charge on any atom is -0.380 e. The third kappa shape index (κ3) is 2.70. The fourth-order valence-electron chi connectivity index (χ4n) is 2.97. The molecule has 1 saturated carbocycles. The van der Waals surface area contributed by atoms with E-state index in [2.05, 4.69) is 6.07 Å². The first-order valence-corrected chi connectivity index (χ1v) is 8.91. The quantitative estimate of drug-likeness (QED) is 0.809. The summed E-state index contributed by atoms with van der Waals surface area (Å²) in [4.78, 5) is 0. The zero-order valence-corrected chi connectivity index (χ0v) is 13.5. The number of ether oxygens (including phenoxy) is 1. The Kier molecular flexibility index (Phi) is 4.40. The molecule has 1 fully saturated rings. The maximum atomic E-state index is 12.3. The standard InChI is InChI=1S/C16H21NO3S/c1-4-20-11-16(10-17)14(15(16)21(18,19)5-2)13-8-6-12(3)7-9-13/h6-9,14-15H,4-5,11H2,1-3H3/t14-,15-,16+/m0/s1. The lowest BCUT2D eigenvalue weighted by Crippen LogP contribution is -2.20. The van der Waals surface area contributed by atoms with Crippen molar-refractivity contribution in [3.63, 3.8) is 0 Å². The molecule has 21 heavy (non-hydrogen) atoms. The van der Waals surface area contributed by atoms with Gasteiger partial charge in [-0.05, 0) is 19.4 Å². The lowest BCUT2D eigenvalue weighted by atomic mass is 10.0. The Morgan fingerprint density at radius 1 is 1.29 bits per heavy atom. The lowest BCUT2D eigenvalue weighted by Gasteiger charge is -2.09. The molecule has 1 aromatic rings. The van der Waals surface area contributed by atoms with E-state index in [9.17, 15) is 13.7 Å². The van der Waals surface area contributed by atoms with E-state index in [1.54, 1.807) is 6.92 Å². The average Bonchev–Trinajstić information content (AvgIpc) is 3.16. The van der Waals surface area contributed by atoms with Crippen LogP contribution >= 0.6 is 0 Å². The summed E-state index contributed by atoms with van der Waals surface area (Å²) < 4.78 is 30.1. The third-order valence-corrected chi connectivity index (χ3v) is 6.51. The average molecular weight is 307 g/mol. The highest BCUT2D eigenvalue weighted by atomic mass is 32.2. The molecule has 0 aliphatic heterocycles. The van der Waals surface area contributed by atoms with Gasteiger partial charge in [0.15, 0.2) is 9.84 Å². The largest absolute Gasteiger partial charge is 0.380 e. The summed E-state index contributed by atoms with van der Waals surface area (Å²) in [5.41, 5.74) is 1.07. The van der Waals surface area contributed by atoms with Crippen molar-refractivity contribution in [1.29, 1.82) is 5.26 Å². The Morgan fingerprint density at radius 2 is 1.90 bits per heavy atom. The molecule has 0 bridgehead atoms. The first kappa shape index (κ1) is 16.0. The summed E-state index contributed by atoms with van der Waals surface area (Å²) in [6, 6.07) is 9.98. The van der Waals surface area contributed by atoms with Crippen LogP contribution in [-0.2, 0) is 14.6 Å². The molecule has 2 rings (SSSR count). The van der Waals surface area contributed by atoms with Crippen molar-refractivity contribution >= 4 is 9.84 Å². The fourth-order valence-corrected chi connectivity index (χ4v) is 4.97. The van der Waals surface area contributed by atoms with E-state index < -0.39 is 20.5 Å². The van der Waals surface area contributed by atoms with Crippen molar-refractivity contribution in [3.05, 3.63) is 35.4 Å². The van der Waals surface area contributed by atoms with Crippen molar-refractivity contribution in [2.45, 2.75) is 31.9 Å². The van der Waals surface area contributed by atoms with Gasteiger partial charge in [0.2, 0.25) is 0 Å². The monoisotopic (exact) mass is 307 g/mol. The number of benzene rings is 1. The van der Waals surface area contributed by atoms with E-state index in [1.165, 1.54) is 0 Å². The summed E-state index contributed by atoms with van der Waals surface area (Å²) in [6.45, 7) is 6.10. The molecule has 5 heteroatoms. The molecule has 114 valence electrons. The van der Waals surface area contributed by atoms with Gasteiger partial charge in [-0.3, -0.25) is 0 Å². The zero-order chi connectivity index (χ0) is 15.7. The summed E-state index contributed by atoms with van der Waals surface area (Å²) in [6.07, 6.45) is 0. The maximum absolute atomic E-state index is 12.3. The predicted molar refractivity (Wildman–Crippen MR) is 81.7 cm³/mol. The molecule has 0 unspecified atom stereocenters. The fraction of sp³-hybridized carbons (Fsp3) is 0.562. The first-order chi connectivity index (χ1) is 9.93. The van der Waals surface area contributed by atoms with Crippen LogP contribution in [0.1, 0.15) is 30.9 Å². The SMILES string of the molecule is CCOC[C@]1(C#N)[C@@H](c2ccc(C)cc2)[C@@H]1S(=O)(=O)CC. The van der Waals surface area contributed by atoms with Crippen LogP contribution in [0, 0.1) is 23.7 Å². The van der Waals surface area contributed by atoms with E-state index in [0.717, 1.165) is 11.1 Å². The van der Waals surface area contributed by atoms with Crippen LogP contribution in [0.5, 0.6) is 0 Å². The number of nitrogens with zero attached hydrogens (tertiary/aromatic N) is 1. The van der Waals surface area contributed by atoms with Gasteiger partial charge in [-0.1, -0.05) is 36.8 Å². The highest BCUT2D eigenvalue weighted by molar-refractivity contribution is 7.92. The number of aryl methyl sites for hydroxylation is 1. The Morgan fingerprint density at radius 3 is 2.38 bits per heavy atom. The highest BCUT2D eigenvalue weighted by Gasteiger charge is 2.71. The van der Waals surface area contributed by atoms with E-state index in [1.807, 2.05) is 38.1 Å². The minimum absolute atomic E-state index is 0.0512. The third-order valence-electron chi connectivity index (χ3n) is 4.24. The van der Waals surface area contributed by atoms with Crippen LogP contribution in [0.4, 0.5) is 0 Å². The molecule has 3 atom stereocenters. The van der Waals surface area contributed by atoms with Gasteiger partial charge in [0, 0.05) is 18.3 Å². The van der Waals surface area contributed by atoms with Gasteiger partial charge in [0.05, 0.1) is 17.9 Å². The van der Waals surface area contributed by atoms with Gasteiger partial charge in [0.1, 0.15) is 5.41 Å². The topological polar surface area (TPSA) is 67.2 Å². The van der Waals surface area contributed by atoms with Crippen molar-refractivity contribution < 1.29 is 13.2 Å². The second kappa shape index (κ2) is 5.78. The van der Waals surface area contributed by atoms with Crippen LogP contribution in [0.15, 0.2) is 24.3 Å². The van der Waals surface area contributed by atoms with Gasteiger partial charge < -0.3 is 4.74 Å². The second-order valence-electron chi connectivity index (χ2n) is 5.55. The summed E-state index contributed by atoms with van der Waals surface area (Å²) in [7, 11) is -3.29. The van der Waals surface area contributed by atoms with Crippen LogP contribution in [0.3, 0.4) is 0 Å². The molecule has 1 aliphatic carbocycles. The van der Waals surface area contributed by atoms with Crippen molar-refractivity contribution in [2.24, 2.45) is 5.41 Å². The molecule has 0 heterocycles. The summed E-state index contributed by atoms with van der Waals surface area (Å²) in [5.74, 6) is -0.241. The molecule has 0 saturated heterocycles. The first-order valence-electron chi connectivity index (χ1n) is 7.20. The van der Waals surface area contributed by atoms with E-state index in [0.29, 0.717) is 6.61 Å². The number of sulfone groups is 1. The van der Waals surface area contributed by atoms with Crippen molar-refractivity contribution in [2.75, 3.05) is 19.0 Å². The molecular weight excluding hydrogens is 286 g/mol. The lowest BCUT2D eigenvalue weighted by molar-refractivity contribution is 0.117. The van der Waals surface area contributed by atoms with E-state index in [-0.39, 0.29) is 18.3 Å². The van der Waals surface area contributed by atoms with Crippen LogP contribution in [-0.4, -0.2) is 32.6 Å². The van der Waals surface area contributed by atoms with Crippen LogP contribution in [0.2, 0.25) is 0 Å². The number of nitriles is 1. The summed E-state index contributed by atoms with van der Waals surface area (Å²) in [5, 5.41) is 8.95. The number of hydrogen-bond acceptors (Lipinski definition) is 4. The number of rotatable bonds is 6. The van der Waals surface area contributed by atoms with Gasteiger partial charge in [-0.25, -0.2) is 8.42 Å². The zero-order valence-electron chi connectivity index (χ0n) is 12.7. The van der Waals surface area contributed by atoms with Crippen molar-refractivity contribution in [1.82, 2.24) is 0 Å². The maximum Gasteiger partial charge on any atom is 0.155 e. The molecule has 1 aromatic carbocycles. The van der Waals surface area contributed by atoms with Gasteiger partial charge in [-0.2, -0.15) is 5.26 Å². The minimum atomic E-state index is -3.29. The molecule has 0 radical (unpaired) electrons. The molecular formula is C16H21NO3S. The predicted octanol–water partition coefficient (Wildman–Crippen LogP) is 2.44. The Hall–Kier alpha value is -1.38. The van der Waals surface area contributed by atoms with Gasteiger partial charge in [-0.15, -0.1) is 0 Å². The Bertz CT molecular complexity index is 645. The number of hydrogen-bond donors (Lipinski definition) is 0. The normalized spacial score (nSPS) is 28.1. The summed E-state index contributed by atoms with van der Waals surface area (Å²) >= 11 is 0. The Labute approximate surface area is 126 Å². The molecule has 0 N–H and O–H groups in total. The molecule has 0 spiro atoms. The van der Waals surface area contributed by atoms with Gasteiger partial charge in [0.25, 0.3) is 0 Å². The van der Waals surface area contributed by atoms with E-state index in [4.69, 9.17) is 4.74 Å². The Balaban J connectivity index is 2.42. The molecule has 0 aromatic heterocycles. The van der Waals surface area contributed by atoms with Crippen LogP contribution in [0.25, 0.3) is 0 Å². The van der Waals surface area contributed by atoms with Crippen molar-refractivity contribution in [3.8, 4) is 6.07 Å². The molecule has 4 nitrogen and oxygen atoms in total.